The van der Waals surface area contributed by atoms with Gasteiger partial charge in [-0.2, -0.15) is 5.10 Å². The SMILES string of the molecule is COC(=O)c1ccc(-n2cccn2)c(C#Cc2ccc(CNC(=O)OC(C)(C)C)cc2)c1. The van der Waals surface area contributed by atoms with Crippen molar-refractivity contribution in [3.05, 3.63) is 83.2 Å². The highest BCUT2D eigenvalue weighted by Gasteiger charge is 2.15. The molecule has 0 unspecified atom stereocenters. The third-order valence-corrected chi connectivity index (χ3v) is 4.30. The van der Waals surface area contributed by atoms with Crippen molar-refractivity contribution in [3.63, 3.8) is 0 Å². The molecule has 2 aromatic carbocycles. The van der Waals surface area contributed by atoms with Crippen LogP contribution in [0, 0.1) is 11.8 Å². The van der Waals surface area contributed by atoms with Crippen molar-refractivity contribution in [2.24, 2.45) is 0 Å². The average Bonchev–Trinajstić information content (AvgIpc) is 3.30. The Morgan fingerprint density at radius 2 is 1.84 bits per heavy atom. The summed E-state index contributed by atoms with van der Waals surface area (Å²) in [5.41, 5.74) is 2.99. The molecule has 0 atom stereocenters. The molecule has 0 aliphatic heterocycles. The molecule has 1 amide bonds. The summed E-state index contributed by atoms with van der Waals surface area (Å²) in [6, 6.07) is 14.5. The molecule has 0 bridgehead atoms. The lowest BCUT2D eigenvalue weighted by atomic mass is 10.1. The molecule has 1 aromatic heterocycles. The minimum absolute atomic E-state index is 0.354. The van der Waals surface area contributed by atoms with E-state index < -0.39 is 17.7 Å². The average molecular weight is 431 g/mol. The highest BCUT2D eigenvalue weighted by atomic mass is 16.6. The summed E-state index contributed by atoms with van der Waals surface area (Å²) in [6.07, 6.45) is 3.03. The van der Waals surface area contributed by atoms with Gasteiger partial charge in [0.05, 0.1) is 23.9 Å². The van der Waals surface area contributed by atoms with Crippen molar-refractivity contribution in [2.75, 3.05) is 7.11 Å². The number of ether oxygens (including phenoxy) is 2. The van der Waals surface area contributed by atoms with Crippen LogP contribution >= 0.6 is 0 Å². The summed E-state index contributed by atoms with van der Waals surface area (Å²) in [5, 5.41) is 6.98. The smallest absolute Gasteiger partial charge is 0.407 e. The summed E-state index contributed by atoms with van der Waals surface area (Å²) in [6.45, 7) is 5.81. The second kappa shape index (κ2) is 9.84. The molecule has 1 N–H and O–H groups in total. The number of nitrogens with zero attached hydrogens (tertiary/aromatic N) is 2. The van der Waals surface area contributed by atoms with Crippen molar-refractivity contribution < 1.29 is 19.1 Å². The van der Waals surface area contributed by atoms with Gasteiger partial charge in [-0.1, -0.05) is 24.0 Å². The molecule has 32 heavy (non-hydrogen) atoms. The zero-order valence-corrected chi connectivity index (χ0v) is 18.5. The number of esters is 1. The van der Waals surface area contributed by atoms with Gasteiger partial charge >= 0.3 is 12.1 Å². The molecule has 0 radical (unpaired) electrons. The van der Waals surface area contributed by atoms with E-state index in [1.165, 1.54) is 7.11 Å². The summed E-state index contributed by atoms with van der Waals surface area (Å²) < 4.78 is 11.7. The van der Waals surface area contributed by atoms with Gasteiger partial charge in [0.25, 0.3) is 0 Å². The molecule has 0 fully saturated rings. The maximum absolute atomic E-state index is 11.9. The lowest BCUT2D eigenvalue weighted by Gasteiger charge is -2.19. The molecule has 3 aromatic rings. The maximum atomic E-state index is 11.9. The van der Waals surface area contributed by atoms with Crippen molar-refractivity contribution in [1.82, 2.24) is 15.1 Å². The first-order valence-corrected chi connectivity index (χ1v) is 10.1. The van der Waals surface area contributed by atoms with Crippen LogP contribution in [0.25, 0.3) is 5.69 Å². The normalized spacial score (nSPS) is 10.6. The van der Waals surface area contributed by atoms with Crippen LogP contribution in [0.4, 0.5) is 4.79 Å². The van der Waals surface area contributed by atoms with E-state index in [1.54, 1.807) is 29.1 Å². The van der Waals surface area contributed by atoms with Crippen molar-refractivity contribution in [2.45, 2.75) is 32.9 Å². The van der Waals surface area contributed by atoms with Crippen molar-refractivity contribution >= 4 is 12.1 Å². The number of hydrogen-bond acceptors (Lipinski definition) is 5. The van der Waals surface area contributed by atoms with Gasteiger partial charge < -0.3 is 14.8 Å². The number of carbonyl (C=O) groups is 2. The number of methoxy groups -OCH3 is 1. The quantitative estimate of drug-likeness (QED) is 0.497. The molecule has 1 heterocycles. The van der Waals surface area contributed by atoms with Gasteiger partial charge in [0, 0.05) is 24.5 Å². The van der Waals surface area contributed by atoms with Crippen LogP contribution in [0.2, 0.25) is 0 Å². The molecule has 0 spiro atoms. The van der Waals surface area contributed by atoms with E-state index >= 15 is 0 Å². The van der Waals surface area contributed by atoms with Gasteiger partial charge in [-0.05, 0) is 62.7 Å². The first-order chi connectivity index (χ1) is 15.2. The Kier molecular flexibility index (Phi) is 6.96. The summed E-state index contributed by atoms with van der Waals surface area (Å²) in [5.74, 6) is 5.81. The molecule has 0 saturated carbocycles. The molecular formula is C25H25N3O4. The summed E-state index contributed by atoms with van der Waals surface area (Å²) in [4.78, 5) is 23.7. The number of alkyl carbamates (subject to hydrolysis) is 1. The van der Waals surface area contributed by atoms with Crippen LogP contribution in [-0.4, -0.2) is 34.6 Å². The van der Waals surface area contributed by atoms with Crippen LogP contribution in [0.15, 0.2) is 60.9 Å². The van der Waals surface area contributed by atoms with E-state index in [-0.39, 0.29) is 0 Å². The zero-order valence-electron chi connectivity index (χ0n) is 18.5. The van der Waals surface area contributed by atoms with E-state index in [0.717, 1.165) is 16.8 Å². The second-order valence-corrected chi connectivity index (χ2v) is 7.98. The van der Waals surface area contributed by atoms with Gasteiger partial charge in [0.15, 0.2) is 0 Å². The summed E-state index contributed by atoms with van der Waals surface area (Å²) >= 11 is 0. The Bertz CT molecular complexity index is 1150. The fraction of sp³-hybridized carbons (Fsp3) is 0.240. The van der Waals surface area contributed by atoms with Crippen LogP contribution in [-0.2, 0) is 16.0 Å². The zero-order chi connectivity index (χ0) is 23.1. The van der Waals surface area contributed by atoms with Crippen LogP contribution in [0.5, 0.6) is 0 Å². The van der Waals surface area contributed by atoms with E-state index in [0.29, 0.717) is 17.7 Å². The van der Waals surface area contributed by atoms with Crippen LogP contribution in [0.1, 0.15) is 47.8 Å². The molecule has 7 heteroatoms. The lowest BCUT2D eigenvalue weighted by molar-refractivity contribution is 0.0522. The summed E-state index contributed by atoms with van der Waals surface area (Å²) in [7, 11) is 1.34. The number of benzene rings is 2. The molecule has 3 rings (SSSR count). The third kappa shape index (κ3) is 6.22. The fourth-order valence-corrected chi connectivity index (χ4v) is 2.83. The number of carbonyl (C=O) groups excluding carboxylic acids is 2. The van der Waals surface area contributed by atoms with E-state index in [2.05, 4.69) is 22.3 Å². The Morgan fingerprint density at radius 1 is 1.09 bits per heavy atom. The second-order valence-electron chi connectivity index (χ2n) is 7.98. The van der Waals surface area contributed by atoms with Gasteiger partial charge in [0.1, 0.15) is 5.60 Å². The minimum atomic E-state index is -0.538. The Morgan fingerprint density at radius 3 is 2.47 bits per heavy atom. The fourth-order valence-electron chi connectivity index (χ4n) is 2.83. The number of amides is 1. The van der Waals surface area contributed by atoms with Gasteiger partial charge in [-0.3, -0.25) is 0 Å². The van der Waals surface area contributed by atoms with E-state index in [1.807, 2.05) is 57.3 Å². The van der Waals surface area contributed by atoms with Gasteiger partial charge in [0.2, 0.25) is 0 Å². The topological polar surface area (TPSA) is 82.5 Å². The first kappa shape index (κ1) is 22.6. The van der Waals surface area contributed by atoms with Crippen molar-refractivity contribution in [1.29, 1.82) is 0 Å². The van der Waals surface area contributed by atoms with E-state index in [4.69, 9.17) is 9.47 Å². The Balaban J connectivity index is 1.77. The standard InChI is InChI=1S/C25H25N3O4/c1-25(2,3)32-24(30)26-17-19-8-6-18(7-9-19)10-11-20-16-21(23(29)31-4)12-13-22(20)28-15-5-14-27-28/h5-9,12-16H,17H2,1-4H3,(H,26,30). The Labute approximate surface area is 187 Å². The van der Waals surface area contributed by atoms with Crippen LogP contribution in [0.3, 0.4) is 0 Å². The maximum Gasteiger partial charge on any atom is 0.407 e. The molecule has 7 nitrogen and oxygen atoms in total. The van der Waals surface area contributed by atoms with Gasteiger partial charge in [-0.15, -0.1) is 0 Å². The largest absolute Gasteiger partial charge is 0.465 e. The number of hydrogen-bond donors (Lipinski definition) is 1. The lowest BCUT2D eigenvalue weighted by Crippen LogP contribution is -2.32. The molecule has 0 saturated heterocycles. The highest BCUT2D eigenvalue weighted by Crippen LogP contribution is 2.16. The Hall–Kier alpha value is -4.05. The molecular weight excluding hydrogens is 406 g/mol. The predicted molar refractivity (Wildman–Crippen MR) is 120 cm³/mol. The minimum Gasteiger partial charge on any atom is -0.465 e. The number of aromatic nitrogens is 2. The molecule has 164 valence electrons. The predicted octanol–water partition coefficient (Wildman–Crippen LogP) is 4.08. The van der Waals surface area contributed by atoms with E-state index in [9.17, 15) is 9.59 Å². The van der Waals surface area contributed by atoms with Gasteiger partial charge in [-0.25, -0.2) is 14.3 Å². The highest BCUT2D eigenvalue weighted by molar-refractivity contribution is 5.90. The monoisotopic (exact) mass is 431 g/mol. The van der Waals surface area contributed by atoms with Crippen molar-refractivity contribution in [3.8, 4) is 17.5 Å². The number of rotatable bonds is 4. The molecule has 0 aliphatic carbocycles. The number of nitrogens with one attached hydrogen (secondary N) is 1. The first-order valence-electron chi connectivity index (χ1n) is 10.1. The van der Waals surface area contributed by atoms with Crippen LogP contribution < -0.4 is 5.32 Å². The molecule has 0 aliphatic rings. The third-order valence-electron chi connectivity index (χ3n) is 4.30.